The van der Waals surface area contributed by atoms with Crippen LogP contribution in [-0.2, 0) is 4.79 Å². The summed E-state index contributed by atoms with van der Waals surface area (Å²) in [5.74, 6) is 0.281. The lowest BCUT2D eigenvalue weighted by molar-refractivity contribution is -0.129. The second kappa shape index (κ2) is 4.56. The highest BCUT2D eigenvalue weighted by molar-refractivity contribution is 7.17. The van der Waals surface area contributed by atoms with Gasteiger partial charge in [-0.1, -0.05) is 18.2 Å². The summed E-state index contributed by atoms with van der Waals surface area (Å²) in [4.78, 5) is 26.1. The molecule has 1 N–H and O–H groups in total. The standard InChI is InChI=1S/C16H16N2O2S/c1-9(12-8-21-13-5-3-2-4-11(12)13)18-15(19)14(10-6-7-10)17-16(18)20/h2-5,8-10,14H,6-7H2,1H3,(H,17,20)/t9-,14-/m0/s1. The number of carbonyl (C=O) groups excluding carboxylic acids is 2. The van der Waals surface area contributed by atoms with Gasteiger partial charge in [-0.15, -0.1) is 11.3 Å². The maximum atomic E-state index is 12.5. The van der Waals surface area contributed by atoms with E-state index in [1.165, 1.54) is 9.60 Å². The van der Waals surface area contributed by atoms with E-state index >= 15 is 0 Å². The van der Waals surface area contributed by atoms with Crippen LogP contribution in [0.2, 0.25) is 0 Å². The molecule has 2 aliphatic rings. The van der Waals surface area contributed by atoms with Gasteiger partial charge in [0, 0.05) is 4.70 Å². The van der Waals surface area contributed by atoms with E-state index < -0.39 is 0 Å². The smallest absolute Gasteiger partial charge is 0.325 e. The molecule has 4 nitrogen and oxygen atoms in total. The molecule has 2 atom stereocenters. The number of fused-ring (bicyclic) bond motifs is 1. The van der Waals surface area contributed by atoms with Gasteiger partial charge in [-0.2, -0.15) is 0 Å². The lowest BCUT2D eigenvalue weighted by Gasteiger charge is -2.21. The minimum atomic E-state index is -0.301. The normalized spacial score (nSPS) is 23.7. The summed E-state index contributed by atoms with van der Waals surface area (Å²) in [5.41, 5.74) is 1.05. The minimum absolute atomic E-state index is 0.0646. The Balaban J connectivity index is 1.69. The number of rotatable bonds is 3. The molecule has 2 heterocycles. The van der Waals surface area contributed by atoms with Crippen LogP contribution in [0, 0.1) is 5.92 Å². The third-order valence-corrected chi connectivity index (χ3v) is 5.42. The summed E-state index contributed by atoms with van der Waals surface area (Å²) in [6.07, 6.45) is 2.08. The molecule has 4 rings (SSSR count). The minimum Gasteiger partial charge on any atom is -0.325 e. The van der Waals surface area contributed by atoms with E-state index in [1.54, 1.807) is 11.3 Å². The number of nitrogens with zero attached hydrogens (tertiary/aromatic N) is 1. The molecule has 0 spiro atoms. The van der Waals surface area contributed by atoms with Crippen LogP contribution in [0.15, 0.2) is 29.6 Å². The molecular formula is C16H16N2O2S. The van der Waals surface area contributed by atoms with Gasteiger partial charge in [-0.05, 0) is 48.1 Å². The maximum Gasteiger partial charge on any atom is 0.325 e. The quantitative estimate of drug-likeness (QED) is 0.884. The molecule has 0 unspecified atom stereocenters. The molecule has 1 aromatic carbocycles. The van der Waals surface area contributed by atoms with Crippen LogP contribution in [0.4, 0.5) is 4.79 Å². The Morgan fingerprint density at radius 3 is 2.81 bits per heavy atom. The number of imide groups is 1. The van der Waals surface area contributed by atoms with E-state index in [2.05, 4.69) is 22.8 Å². The summed E-state index contributed by atoms with van der Waals surface area (Å²) in [7, 11) is 0. The van der Waals surface area contributed by atoms with Crippen LogP contribution in [0.5, 0.6) is 0 Å². The average molecular weight is 300 g/mol. The van der Waals surface area contributed by atoms with Crippen molar-refractivity contribution in [1.29, 1.82) is 0 Å². The molecule has 108 valence electrons. The molecular weight excluding hydrogens is 284 g/mol. The first kappa shape index (κ1) is 12.8. The van der Waals surface area contributed by atoms with Gasteiger partial charge < -0.3 is 5.32 Å². The number of thiophene rings is 1. The summed E-state index contributed by atoms with van der Waals surface area (Å²) in [6.45, 7) is 1.93. The van der Waals surface area contributed by atoms with Crippen molar-refractivity contribution in [1.82, 2.24) is 10.2 Å². The van der Waals surface area contributed by atoms with Crippen LogP contribution in [0.3, 0.4) is 0 Å². The number of benzene rings is 1. The lowest BCUT2D eigenvalue weighted by Crippen LogP contribution is -2.34. The molecule has 0 bridgehead atoms. The van der Waals surface area contributed by atoms with Gasteiger partial charge in [-0.25, -0.2) is 4.79 Å². The van der Waals surface area contributed by atoms with Crippen molar-refractivity contribution in [3.63, 3.8) is 0 Å². The van der Waals surface area contributed by atoms with E-state index in [-0.39, 0.29) is 24.0 Å². The third kappa shape index (κ3) is 1.95. The van der Waals surface area contributed by atoms with Crippen LogP contribution in [0.25, 0.3) is 10.1 Å². The average Bonchev–Trinajstić information content (AvgIpc) is 3.15. The second-order valence-corrected chi connectivity index (χ2v) is 6.75. The van der Waals surface area contributed by atoms with Gasteiger partial charge in [0.15, 0.2) is 0 Å². The number of hydrogen-bond donors (Lipinski definition) is 1. The van der Waals surface area contributed by atoms with Gasteiger partial charge in [0.1, 0.15) is 6.04 Å². The molecule has 1 saturated heterocycles. The topological polar surface area (TPSA) is 49.4 Å². The zero-order valence-electron chi connectivity index (χ0n) is 11.7. The molecule has 2 aromatic rings. The van der Waals surface area contributed by atoms with E-state index in [1.807, 2.05) is 19.1 Å². The van der Waals surface area contributed by atoms with Crippen molar-refractivity contribution < 1.29 is 9.59 Å². The SMILES string of the molecule is C[C@@H](c1csc2ccccc12)N1C(=O)N[C@@H](C2CC2)C1=O. The molecule has 1 saturated carbocycles. The highest BCUT2D eigenvalue weighted by atomic mass is 32.1. The number of urea groups is 1. The first-order valence-corrected chi connectivity index (χ1v) is 8.14. The fraction of sp³-hybridized carbons (Fsp3) is 0.375. The van der Waals surface area contributed by atoms with Gasteiger partial charge in [0.2, 0.25) is 0 Å². The Labute approximate surface area is 126 Å². The summed E-state index contributed by atoms with van der Waals surface area (Å²) >= 11 is 1.65. The van der Waals surface area contributed by atoms with Crippen LogP contribution in [0.1, 0.15) is 31.4 Å². The molecule has 3 amide bonds. The van der Waals surface area contributed by atoms with E-state index in [0.717, 1.165) is 23.8 Å². The first-order valence-electron chi connectivity index (χ1n) is 7.26. The zero-order chi connectivity index (χ0) is 14.6. The summed E-state index contributed by atoms with van der Waals surface area (Å²) < 4.78 is 1.19. The van der Waals surface area contributed by atoms with Crippen LogP contribution < -0.4 is 5.32 Å². The van der Waals surface area contributed by atoms with Crippen LogP contribution >= 0.6 is 11.3 Å². The monoisotopic (exact) mass is 300 g/mol. The molecule has 2 fully saturated rings. The largest absolute Gasteiger partial charge is 0.325 e. The van der Waals surface area contributed by atoms with Crippen molar-refractivity contribution in [3.05, 3.63) is 35.2 Å². The highest BCUT2D eigenvalue weighted by Gasteiger charge is 2.48. The number of hydrogen-bond acceptors (Lipinski definition) is 3. The summed E-state index contributed by atoms with van der Waals surface area (Å²) in [5, 5.41) is 6.03. The molecule has 1 aromatic heterocycles. The highest BCUT2D eigenvalue weighted by Crippen LogP contribution is 2.39. The van der Waals surface area contributed by atoms with Crippen molar-refractivity contribution in [2.75, 3.05) is 0 Å². The second-order valence-electron chi connectivity index (χ2n) is 5.84. The van der Waals surface area contributed by atoms with Crippen LogP contribution in [-0.4, -0.2) is 22.9 Å². The van der Waals surface area contributed by atoms with Gasteiger partial charge >= 0.3 is 6.03 Å². The molecule has 5 heteroatoms. The Morgan fingerprint density at radius 1 is 1.29 bits per heavy atom. The molecule has 0 radical (unpaired) electrons. The van der Waals surface area contributed by atoms with E-state index in [4.69, 9.17) is 0 Å². The Kier molecular flexibility index (Phi) is 2.79. The Hall–Kier alpha value is -1.88. The van der Waals surface area contributed by atoms with Crippen molar-refractivity contribution >= 4 is 33.4 Å². The zero-order valence-corrected chi connectivity index (χ0v) is 12.5. The Morgan fingerprint density at radius 2 is 2.05 bits per heavy atom. The fourth-order valence-corrected chi connectivity index (χ4v) is 4.14. The predicted octanol–water partition coefficient (Wildman–Crippen LogP) is 3.29. The van der Waals surface area contributed by atoms with Crippen molar-refractivity contribution in [2.45, 2.75) is 31.8 Å². The molecule has 21 heavy (non-hydrogen) atoms. The Bertz CT molecular complexity index is 735. The lowest BCUT2D eigenvalue weighted by atomic mass is 10.1. The molecule has 1 aliphatic carbocycles. The van der Waals surface area contributed by atoms with E-state index in [0.29, 0.717) is 5.92 Å². The predicted molar refractivity (Wildman–Crippen MR) is 82.1 cm³/mol. The van der Waals surface area contributed by atoms with Gasteiger partial charge in [0.05, 0.1) is 6.04 Å². The maximum absolute atomic E-state index is 12.5. The van der Waals surface area contributed by atoms with Gasteiger partial charge in [-0.3, -0.25) is 9.69 Å². The van der Waals surface area contributed by atoms with E-state index in [9.17, 15) is 9.59 Å². The van der Waals surface area contributed by atoms with Crippen molar-refractivity contribution in [2.24, 2.45) is 5.92 Å². The van der Waals surface area contributed by atoms with Crippen molar-refractivity contribution in [3.8, 4) is 0 Å². The fourth-order valence-electron chi connectivity index (χ4n) is 3.09. The first-order chi connectivity index (χ1) is 10.2. The number of amides is 3. The number of nitrogens with one attached hydrogen (secondary N) is 1. The molecule has 1 aliphatic heterocycles. The third-order valence-electron chi connectivity index (χ3n) is 4.44. The number of carbonyl (C=O) groups is 2. The summed E-state index contributed by atoms with van der Waals surface area (Å²) in [6, 6.07) is 7.33. The van der Waals surface area contributed by atoms with Gasteiger partial charge in [0.25, 0.3) is 5.91 Å².